The number of carbonyl (C=O) groups excluding carboxylic acids is 2. The number of unbranched alkanes of at least 4 members (excludes halogenated alkanes) is 2. The lowest BCUT2D eigenvalue weighted by molar-refractivity contribution is 0.0452. The van der Waals surface area contributed by atoms with Crippen LogP contribution in [0.1, 0.15) is 72.7 Å². The number of ether oxygens (including phenoxy) is 2. The number of aryl methyl sites for hydroxylation is 1. The van der Waals surface area contributed by atoms with Crippen molar-refractivity contribution in [3.05, 3.63) is 33.8 Å². The van der Waals surface area contributed by atoms with Gasteiger partial charge in [0.2, 0.25) is 0 Å². The molecule has 1 aromatic rings. The summed E-state index contributed by atoms with van der Waals surface area (Å²) >= 11 is 6.18. The molecular weight excluding hydrogens is 316 g/mol. The van der Waals surface area contributed by atoms with Crippen LogP contribution >= 0.6 is 11.6 Å². The molecule has 0 aliphatic rings. The van der Waals surface area contributed by atoms with Crippen LogP contribution < -0.4 is 0 Å². The third-order valence-electron chi connectivity index (χ3n) is 3.47. The van der Waals surface area contributed by atoms with Crippen molar-refractivity contribution < 1.29 is 19.1 Å². The Labute approximate surface area is 143 Å². The molecule has 23 heavy (non-hydrogen) atoms. The Kier molecular flexibility index (Phi) is 8.70. The molecule has 0 fully saturated rings. The number of halogens is 1. The maximum absolute atomic E-state index is 12.3. The summed E-state index contributed by atoms with van der Waals surface area (Å²) in [4.78, 5) is 24.5. The first kappa shape index (κ1) is 19.5. The summed E-state index contributed by atoms with van der Waals surface area (Å²) in [6, 6.07) is 3.14. The molecule has 0 bridgehead atoms. The lowest BCUT2D eigenvalue weighted by Crippen LogP contribution is -2.16. The summed E-state index contributed by atoms with van der Waals surface area (Å²) in [5, 5.41) is 0.458. The van der Waals surface area contributed by atoms with E-state index >= 15 is 0 Å². The van der Waals surface area contributed by atoms with E-state index in [0.29, 0.717) is 24.7 Å². The first-order valence-corrected chi connectivity index (χ1v) is 8.59. The van der Waals surface area contributed by atoms with Crippen LogP contribution in [0.4, 0.5) is 0 Å². The molecule has 0 saturated carbocycles. The third-order valence-corrected chi connectivity index (χ3v) is 3.82. The molecule has 0 amide bonds. The van der Waals surface area contributed by atoms with Crippen LogP contribution in [0.3, 0.4) is 0 Å². The predicted octanol–water partition coefficient (Wildman–Crippen LogP) is 4.82. The van der Waals surface area contributed by atoms with Crippen LogP contribution in [0.2, 0.25) is 5.02 Å². The zero-order valence-corrected chi connectivity index (χ0v) is 14.9. The van der Waals surface area contributed by atoms with E-state index in [1.165, 1.54) is 6.07 Å². The number of rotatable bonds is 9. The maximum atomic E-state index is 12.3. The normalized spacial score (nSPS) is 10.4. The SMILES string of the molecule is CCCCOC(=O)c1cc(Cl)c(CC)cc1C(=O)OCCCC. The van der Waals surface area contributed by atoms with Gasteiger partial charge in [0.25, 0.3) is 0 Å². The average molecular weight is 341 g/mol. The molecule has 0 N–H and O–H groups in total. The number of esters is 2. The Bertz CT molecular complexity index is 540. The Morgan fingerprint density at radius 2 is 1.39 bits per heavy atom. The zero-order valence-electron chi connectivity index (χ0n) is 14.1. The molecule has 1 aromatic carbocycles. The summed E-state index contributed by atoms with van der Waals surface area (Å²) < 4.78 is 10.4. The molecule has 0 aliphatic carbocycles. The van der Waals surface area contributed by atoms with Crippen LogP contribution in [0.5, 0.6) is 0 Å². The van der Waals surface area contributed by atoms with Crippen LogP contribution in [0, 0.1) is 0 Å². The molecule has 4 nitrogen and oxygen atoms in total. The Hall–Kier alpha value is -1.55. The van der Waals surface area contributed by atoms with Gasteiger partial charge in [0.1, 0.15) is 0 Å². The minimum absolute atomic E-state index is 0.171. The molecule has 0 aliphatic heterocycles. The van der Waals surface area contributed by atoms with Gasteiger partial charge in [0, 0.05) is 5.02 Å². The van der Waals surface area contributed by atoms with E-state index < -0.39 is 11.9 Å². The van der Waals surface area contributed by atoms with Crippen LogP contribution in [-0.2, 0) is 15.9 Å². The molecule has 128 valence electrons. The molecule has 0 aromatic heterocycles. The Morgan fingerprint density at radius 1 is 0.913 bits per heavy atom. The van der Waals surface area contributed by atoms with Crippen LogP contribution in [0.25, 0.3) is 0 Å². The van der Waals surface area contributed by atoms with Gasteiger partial charge in [0.15, 0.2) is 0 Å². The van der Waals surface area contributed by atoms with Crippen molar-refractivity contribution in [2.24, 2.45) is 0 Å². The smallest absolute Gasteiger partial charge is 0.339 e. The van der Waals surface area contributed by atoms with Crippen molar-refractivity contribution in [2.75, 3.05) is 13.2 Å². The first-order valence-electron chi connectivity index (χ1n) is 8.21. The van der Waals surface area contributed by atoms with Crippen molar-refractivity contribution >= 4 is 23.5 Å². The minimum Gasteiger partial charge on any atom is -0.462 e. The fourth-order valence-electron chi connectivity index (χ4n) is 2.00. The monoisotopic (exact) mass is 340 g/mol. The van der Waals surface area contributed by atoms with Crippen LogP contribution in [-0.4, -0.2) is 25.2 Å². The lowest BCUT2D eigenvalue weighted by Gasteiger charge is -2.12. The minimum atomic E-state index is -0.537. The summed E-state index contributed by atoms with van der Waals surface area (Å²) in [6.07, 6.45) is 4.09. The molecule has 0 unspecified atom stereocenters. The summed E-state index contributed by atoms with van der Waals surface area (Å²) in [5.74, 6) is -1.04. The molecule has 0 spiro atoms. The van der Waals surface area contributed by atoms with E-state index in [-0.39, 0.29) is 11.1 Å². The van der Waals surface area contributed by atoms with Gasteiger partial charge in [-0.15, -0.1) is 0 Å². The van der Waals surface area contributed by atoms with Gasteiger partial charge in [-0.3, -0.25) is 0 Å². The van der Waals surface area contributed by atoms with Crippen molar-refractivity contribution in [1.82, 2.24) is 0 Å². The van der Waals surface area contributed by atoms with Crippen molar-refractivity contribution in [3.63, 3.8) is 0 Å². The standard InChI is InChI=1S/C18H25ClO4/c1-4-7-9-22-17(20)14-11-13(6-3)16(19)12-15(14)18(21)23-10-8-5-2/h11-12H,4-10H2,1-3H3. The van der Waals surface area contributed by atoms with Crippen molar-refractivity contribution in [3.8, 4) is 0 Å². The number of hydrogen-bond donors (Lipinski definition) is 0. The highest BCUT2D eigenvalue weighted by molar-refractivity contribution is 6.32. The van der Waals surface area contributed by atoms with E-state index in [1.54, 1.807) is 6.07 Å². The number of carbonyl (C=O) groups is 2. The van der Waals surface area contributed by atoms with E-state index in [9.17, 15) is 9.59 Å². The quantitative estimate of drug-likeness (QED) is 0.478. The highest BCUT2D eigenvalue weighted by Gasteiger charge is 2.21. The molecule has 5 heteroatoms. The summed E-state index contributed by atoms with van der Waals surface area (Å²) in [7, 11) is 0. The van der Waals surface area contributed by atoms with Gasteiger partial charge in [-0.25, -0.2) is 9.59 Å². The fourth-order valence-corrected chi connectivity index (χ4v) is 2.30. The fraction of sp³-hybridized carbons (Fsp3) is 0.556. The largest absolute Gasteiger partial charge is 0.462 e. The molecule has 0 radical (unpaired) electrons. The van der Waals surface area contributed by atoms with Gasteiger partial charge in [-0.1, -0.05) is 45.2 Å². The van der Waals surface area contributed by atoms with Gasteiger partial charge < -0.3 is 9.47 Å². The van der Waals surface area contributed by atoms with Crippen LogP contribution in [0.15, 0.2) is 12.1 Å². The van der Waals surface area contributed by atoms with Crippen molar-refractivity contribution in [2.45, 2.75) is 52.9 Å². The van der Waals surface area contributed by atoms with Crippen molar-refractivity contribution in [1.29, 1.82) is 0 Å². The topological polar surface area (TPSA) is 52.6 Å². The molecule has 0 saturated heterocycles. The van der Waals surface area contributed by atoms with E-state index in [0.717, 1.165) is 31.2 Å². The molecule has 1 rings (SSSR count). The third kappa shape index (κ3) is 5.87. The second-order valence-electron chi connectivity index (χ2n) is 5.32. The summed E-state index contributed by atoms with van der Waals surface area (Å²) in [6.45, 7) is 6.63. The van der Waals surface area contributed by atoms with Gasteiger partial charge in [0.05, 0.1) is 24.3 Å². The van der Waals surface area contributed by atoms with E-state index in [1.807, 2.05) is 20.8 Å². The highest BCUT2D eigenvalue weighted by atomic mass is 35.5. The van der Waals surface area contributed by atoms with Gasteiger partial charge in [-0.05, 0) is 37.0 Å². The number of benzene rings is 1. The lowest BCUT2D eigenvalue weighted by atomic mass is 10.0. The highest BCUT2D eigenvalue weighted by Crippen LogP contribution is 2.24. The number of hydrogen-bond acceptors (Lipinski definition) is 4. The van der Waals surface area contributed by atoms with Gasteiger partial charge >= 0.3 is 11.9 Å². The molecular formula is C18H25ClO4. The molecule has 0 atom stereocenters. The zero-order chi connectivity index (χ0) is 17.2. The second-order valence-corrected chi connectivity index (χ2v) is 5.73. The van der Waals surface area contributed by atoms with E-state index in [2.05, 4.69) is 0 Å². The Morgan fingerprint density at radius 3 is 1.83 bits per heavy atom. The van der Waals surface area contributed by atoms with E-state index in [4.69, 9.17) is 21.1 Å². The predicted molar refractivity (Wildman–Crippen MR) is 91.2 cm³/mol. The second kappa shape index (κ2) is 10.3. The maximum Gasteiger partial charge on any atom is 0.339 e. The summed E-state index contributed by atoms with van der Waals surface area (Å²) in [5.41, 5.74) is 1.20. The van der Waals surface area contributed by atoms with Gasteiger partial charge in [-0.2, -0.15) is 0 Å². The average Bonchev–Trinajstić information content (AvgIpc) is 2.54. The Balaban J connectivity index is 3.03. The first-order chi connectivity index (χ1) is 11.0. The molecule has 0 heterocycles.